The topological polar surface area (TPSA) is 67.5 Å². The van der Waals surface area contributed by atoms with E-state index in [1.807, 2.05) is 13.8 Å². The highest BCUT2D eigenvalue weighted by molar-refractivity contribution is 5.94. The van der Waals surface area contributed by atoms with Crippen LogP contribution in [0.15, 0.2) is 39.5 Å². The predicted octanol–water partition coefficient (Wildman–Crippen LogP) is 3.19. The lowest BCUT2D eigenvalue weighted by molar-refractivity contribution is -0.136. The van der Waals surface area contributed by atoms with Gasteiger partial charge in [-0.15, -0.1) is 0 Å². The Bertz CT molecular complexity index is 935. The average Bonchev–Trinajstić information content (AvgIpc) is 2.43. The maximum atomic E-state index is 12.7. The van der Waals surface area contributed by atoms with Crippen molar-refractivity contribution in [2.45, 2.75) is 20.3 Å². The number of carboxylic acids is 1. The van der Waals surface area contributed by atoms with Gasteiger partial charge in [-0.05, 0) is 48.7 Å². The Balaban J connectivity index is 2.54. The van der Waals surface area contributed by atoms with Crippen molar-refractivity contribution >= 4 is 27.9 Å². The van der Waals surface area contributed by atoms with Gasteiger partial charge in [0.05, 0.1) is 17.2 Å². The molecule has 0 saturated heterocycles. The first-order chi connectivity index (χ1) is 9.99. The van der Waals surface area contributed by atoms with E-state index in [0.29, 0.717) is 27.5 Å². The second-order valence-electron chi connectivity index (χ2n) is 5.17. The highest BCUT2D eigenvalue weighted by Gasteiger charge is 2.17. The Labute approximate surface area is 120 Å². The standard InChI is InChI=1S/C17H14O4/c1-9-7-14-16(12(10(9)2)8-15(18)19)17(20)11-5-3-4-6-13(11)21-14/h3-7H,8H2,1-2H3,(H,18,19). The molecule has 3 rings (SSSR count). The third-order valence-electron chi connectivity index (χ3n) is 3.85. The summed E-state index contributed by atoms with van der Waals surface area (Å²) in [7, 11) is 0. The average molecular weight is 282 g/mol. The largest absolute Gasteiger partial charge is 0.481 e. The van der Waals surface area contributed by atoms with Crippen molar-refractivity contribution in [3.05, 3.63) is 57.2 Å². The fourth-order valence-corrected chi connectivity index (χ4v) is 2.65. The number of aryl methyl sites for hydroxylation is 1. The minimum absolute atomic E-state index is 0.175. The summed E-state index contributed by atoms with van der Waals surface area (Å²) in [5.74, 6) is -0.961. The maximum absolute atomic E-state index is 12.7. The Morgan fingerprint density at radius 3 is 2.62 bits per heavy atom. The van der Waals surface area contributed by atoms with Crippen LogP contribution < -0.4 is 5.43 Å². The van der Waals surface area contributed by atoms with Gasteiger partial charge in [0.2, 0.25) is 5.43 Å². The van der Waals surface area contributed by atoms with E-state index in [2.05, 4.69) is 0 Å². The van der Waals surface area contributed by atoms with Crippen LogP contribution in [0.3, 0.4) is 0 Å². The van der Waals surface area contributed by atoms with Gasteiger partial charge in [0, 0.05) is 0 Å². The normalized spacial score (nSPS) is 11.1. The highest BCUT2D eigenvalue weighted by atomic mass is 16.4. The number of fused-ring (bicyclic) bond motifs is 2. The van der Waals surface area contributed by atoms with Crippen molar-refractivity contribution in [1.29, 1.82) is 0 Å². The number of benzene rings is 2. The number of rotatable bonds is 2. The number of para-hydroxylation sites is 1. The fraction of sp³-hybridized carbons (Fsp3) is 0.176. The molecule has 0 fully saturated rings. The van der Waals surface area contributed by atoms with E-state index >= 15 is 0 Å². The first-order valence-electron chi connectivity index (χ1n) is 6.65. The Morgan fingerprint density at radius 1 is 1.19 bits per heavy atom. The molecule has 4 nitrogen and oxygen atoms in total. The zero-order chi connectivity index (χ0) is 15.1. The van der Waals surface area contributed by atoms with Gasteiger partial charge in [-0.3, -0.25) is 9.59 Å². The SMILES string of the molecule is Cc1cc2oc3ccccc3c(=O)c2c(CC(=O)O)c1C. The molecule has 2 aromatic carbocycles. The molecule has 106 valence electrons. The second-order valence-corrected chi connectivity index (χ2v) is 5.17. The van der Waals surface area contributed by atoms with E-state index in [1.54, 1.807) is 30.3 Å². The smallest absolute Gasteiger partial charge is 0.307 e. The third kappa shape index (κ3) is 2.09. The fourth-order valence-electron chi connectivity index (χ4n) is 2.65. The van der Waals surface area contributed by atoms with Crippen LogP contribution in [-0.4, -0.2) is 11.1 Å². The van der Waals surface area contributed by atoms with Crippen molar-refractivity contribution in [2.24, 2.45) is 0 Å². The quantitative estimate of drug-likeness (QED) is 0.733. The van der Waals surface area contributed by atoms with Crippen molar-refractivity contribution in [3.63, 3.8) is 0 Å². The Kier molecular flexibility index (Phi) is 3.01. The first-order valence-corrected chi connectivity index (χ1v) is 6.65. The highest BCUT2D eigenvalue weighted by Crippen LogP contribution is 2.26. The van der Waals surface area contributed by atoms with Crippen LogP contribution in [0.1, 0.15) is 16.7 Å². The minimum atomic E-state index is -0.961. The Hall–Kier alpha value is -2.62. The molecule has 0 aliphatic heterocycles. The molecule has 1 heterocycles. The second kappa shape index (κ2) is 4.74. The van der Waals surface area contributed by atoms with E-state index in [9.17, 15) is 9.59 Å². The predicted molar refractivity (Wildman–Crippen MR) is 80.8 cm³/mol. The molecule has 0 amide bonds. The number of carboxylic acid groups (broad SMARTS) is 1. The Morgan fingerprint density at radius 2 is 1.90 bits per heavy atom. The van der Waals surface area contributed by atoms with Gasteiger partial charge in [-0.2, -0.15) is 0 Å². The van der Waals surface area contributed by atoms with Crippen LogP contribution in [0.5, 0.6) is 0 Å². The van der Waals surface area contributed by atoms with Crippen molar-refractivity contribution in [1.82, 2.24) is 0 Å². The summed E-state index contributed by atoms with van der Waals surface area (Å²) < 4.78 is 5.79. The summed E-state index contributed by atoms with van der Waals surface area (Å²) >= 11 is 0. The van der Waals surface area contributed by atoms with Gasteiger partial charge >= 0.3 is 5.97 Å². The molecule has 0 aliphatic rings. The van der Waals surface area contributed by atoms with Gasteiger partial charge in [-0.25, -0.2) is 0 Å². The summed E-state index contributed by atoms with van der Waals surface area (Å²) in [5, 5.41) is 9.96. The van der Waals surface area contributed by atoms with Gasteiger partial charge in [0.1, 0.15) is 11.2 Å². The van der Waals surface area contributed by atoms with Crippen molar-refractivity contribution in [2.75, 3.05) is 0 Å². The lowest BCUT2D eigenvalue weighted by Crippen LogP contribution is -2.11. The lowest BCUT2D eigenvalue weighted by Gasteiger charge is -2.11. The molecule has 1 N–H and O–H groups in total. The van der Waals surface area contributed by atoms with Crippen LogP contribution >= 0.6 is 0 Å². The molecule has 3 aromatic rings. The lowest BCUT2D eigenvalue weighted by atomic mass is 9.95. The van der Waals surface area contributed by atoms with Crippen molar-refractivity contribution in [3.8, 4) is 0 Å². The summed E-state index contributed by atoms with van der Waals surface area (Å²) in [4.78, 5) is 23.8. The van der Waals surface area contributed by atoms with Crippen LogP contribution in [-0.2, 0) is 11.2 Å². The molecule has 0 bridgehead atoms. The molecule has 0 saturated carbocycles. The summed E-state index contributed by atoms with van der Waals surface area (Å²) in [5.41, 5.74) is 3.06. The molecule has 0 atom stereocenters. The molecule has 0 spiro atoms. The van der Waals surface area contributed by atoms with E-state index in [-0.39, 0.29) is 11.8 Å². The molecular formula is C17H14O4. The van der Waals surface area contributed by atoms with E-state index < -0.39 is 5.97 Å². The zero-order valence-electron chi connectivity index (χ0n) is 11.8. The molecule has 4 heteroatoms. The zero-order valence-corrected chi connectivity index (χ0v) is 11.8. The van der Waals surface area contributed by atoms with E-state index in [0.717, 1.165) is 11.1 Å². The summed E-state index contributed by atoms with van der Waals surface area (Å²) in [6.07, 6.45) is -0.187. The maximum Gasteiger partial charge on any atom is 0.307 e. The summed E-state index contributed by atoms with van der Waals surface area (Å²) in [6, 6.07) is 8.80. The van der Waals surface area contributed by atoms with Gasteiger partial charge in [-0.1, -0.05) is 12.1 Å². The van der Waals surface area contributed by atoms with Crippen LogP contribution in [0, 0.1) is 13.8 Å². The number of hydrogen-bond donors (Lipinski definition) is 1. The molecular weight excluding hydrogens is 268 g/mol. The molecule has 0 radical (unpaired) electrons. The molecule has 0 unspecified atom stereocenters. The molecule has 21 heavy (non-hydrogen) atoms. The monoisotopic (exact) mass is 282 g/mol. The minimum Gasteiger partial charge on any atom is -0.481 e. The van der Waals surface area contributed by atoms with Crippen LogP contribution in [0.25, 0.3) is 21.9 Å². The number of aliphatic carboxylic acids is 1. The van der Waals surface area contributed by atoms with Crippen molar-refractivity contribution < 1.29 is 14.3 Å². The number of carbonyl (C=O) groups is 1. The first kappa shape index (κ1) is 13.4. The number of hydrogen-bond acceptors (Lipinski definition) is 3. The molecule has 1 aromatic heterocycles. The third-order valence-corrected chi connectivity index (χ3v) is 3.85. The van der Waals surface area contributed by atoms with Crippen LogP contribution in [0.2, 0.25) is 0 Å². The van der Waals surface area contributed by atoms with E-state index in [1.165, 1.54) is 0 Å². The van der Waals surface area contributed by atoms with Gasteiger partial charge < -0.3 is 9.52 Å². The van der Waals surface area contributed by atoms with Gasteiger partial charge in [0.15, 0.2) is 0 Å². The molecule has 0 aliphatic carbocycles. The van der Waals surface area contributed by atoms with Gasteiger partial charge in [0.25, 0.3) is 0 Å². The van der Waals surface area contributed by atoms with Crippen LogP contribution in [0.4, 0.5) is 0 Å². The summed E-state index contributed by atoms with van der Waals surface area (Å²) in [6.45, 7) is 3.72. The van der Waals surface area contributed by atoms with E-state index in [4.69, 9.17) is 9.52 Å².